The van der Waals surface area contributed by atoms with Crippen LogP contribution in [0.5, 0.6) is 51.7 Å². The smallest absolute Gasteiger partial charge is 0.200 e. The molecule has 3 aromatic rings. The van der Waals surface area contributed by atoms with Crippen molar-refractivity contribution < 1.29 is 50.4 Å². The minimum Gasteiger partial charge on any atom is -0.508 e. The van der Waals surface area contributed by atoms with Crippen LogP contribution in [-0.2, 0) is 6.42 Å². The maximum absolute atomic E-state index is 13.3. The van der Waals surface area contributed by atoms with Crippen LogP contribution in [0.3, 0.4) is 0 Å². The summed E-state index contributed by atoms with van der Waals surface area (Å²) in [4.78, 5) is 13.3. The minimum absolute atomic E-state index is 0.0556. The van der Waals surface area contributed by atoms with Crippen LogP contribution in [0.25, 0.3) is 0 Å². The first-order valence-electron chi connectivity index (χ1n) is 9.32. The van der Waals surface area contributed by atoms with Crippen molar-refractivity contribution in [3.05, 3.63) is 53.1 Å². The van der Waals surface area contributed by atoms with Gasteiger partial charge in [-0.3, -0.25) is 4.79 Å². The molecule has 3 aromatic carbocycles. The second-order valence-electron chi connectivity index (χ2n) is 7.43. The van der Waals surface area contributed by atoms with Gasteiger partial charge in [-0.2, -0.15) is 0 Å². The van der Waals surface area contributed by atoms with E-state index in [1.54, 1.807) is 0 Å². The van der Waals surface area contributed by atoms with Gasteiger partial charge in [0.05, 0.1) is 5.92 Å². The van der Waals surface area contributed by atoms with Crippen molar-refractivity contribution in [1.82, 2.24) is 0 Å². The van der Waals surface area contributed by atoms with Crippen molar-refractivity contribution in [2.45, 2.75) is 12.5 Å². The summed E-state index contributed by atoms with van der Waals surface area (Å²) in [6.45, 7) is 0. The molecule has 0 fully saturated rings. The Morgan fingerprint density at radius 3 is 1.81 bits per heavy atom. The number of benzene rings is 3. The second-order valence-corrected chi connectivity index (χ2v) is 7.43. The molecule has 1 aliphatic heterocycles. The molecule has 10 heteroatoms. The van der Waals surface area contributed by atoms with E-state index < -0.39 is 52.3 Å². The average molecular weight is 442 g/mol. The van der Waals surface area contributed by atoms with Crippen LogP contribution in [-0.4, -0.2) is 46.6 Å². The van der Waals surface area contributed by atoms with Crippen LogP contribution in [0.2, 0.25) is 0 Å². The number of aromatic hydroxyl groups is 8. The fourth-order valence-electron chi connectivity index (χ4n) is 3.75. The quantitative estimate of drug-likeness (QED) is 0.221. The molecule has 0 saturated carbocycles. The van der Waals surface area contributed by atoms with Crippen LogP contribution >= 0.6 is 0 Å². The predicted octanol–water partition coefficient (Wildman–Crippen LogP) is 2.51. The van der Waals surface area contributed by atoms with Gasteiger partial charge < -0.3 is 45.6 Å². The van der Waals surface area contributed by atoms with Gasteiger partial charge in [0.25, 0.3) is 0 Å². The molecular weight excluding hydrogens is 424 g/mol. The molecular formula is C22H18O10. The van der Waals surface area contributed by atoms with E-state index in [9.17, 15) is 45.6 Å². The highest BCUT2D eigenvalue weighted by molar-refractivity contribution is 6.00. The number of carbonyl (C=O) groups is 1. The van der Waals surface area contributed by atoms with E-state index in [0.717, 1.165) is 30.3 Å². The third kappa shape index (κ3) is 3.37. The van der Waals surface area contributed by atoms with Crippen molar-refractivity contribution >= 4 is 5.78 Å². The molecule has 0 aliphatic carbocycles. The van der Waals surface area contributed by atoms with Gasteiger partial charge in [-0.25, -0.2) is 0 Å². The number of phenols is 8. The molecule has 0 aromatic heterocycles. The molecule has 2 atom stereocenters. The molecule has 0 unspecified atom stereocenters. The summed E-state index contributed by atoms with van der Waals surface area (Å²) in [5.74, 6) is -6.70. The van der Waals surface area contributed by atoms with E-state index in [1.807, 2.05) is 0 Å². The van der Waals surface area contributed by atoms with Crippen molar-refractivity contribution in [2.75, 3.05) is 0 Å². The third-order valence-electron chi connectivity index (χ3n) is 5.33. The highest BCUT2D eigenvalue weighted by Gasteiger charge is 2.39. The summed E-state index contributed by atoms with van der Waals surface area (Å²) in [6.07, 6.45) is -1.29. The summed E-state index contributed by atoms with van der Waals surface area (Å²) in [5, 5.41) is 78.6. The van der Waals surface area contributed by atoms with E-state index in [-0.39, 0.29) is 40.4 Å². The molecule has 0 saturated heterocycles. The molecule has 0 radical (unpaired) electrons. The molecule has 1 heterocycles. The Morgan fingerprint density at radius 2 is 1.25 bits per heavy atom. The van der Waals surface area contributed by atoms with Crippen LogP contribution in [0.15, 0.2) is 36.4 Å². The van der Waals surface area contributed by atoms with Gasteiger partial charge in [-0.15, -0.1) is 0 Å². The lowest BCUT2D eigenvalue weighted by Gasteiger charge is -2.33. The number of phenolic OH excluding ortho intramolecular Hbond substituents is 8. The number of carbonyl (C=O) groups excluding carboxylic acids is 1. The summed E-state index contributed by atoms with van der Waals surface area (Å²) in [5.41, 5.74) is 0.124. The SMILES string of the molecule is O=C(c1cc(O)c(O)c(O)c1)[C@@H]1Cc2c(O)cc(O)cc2O[C@@H]1c1cc(O)c(O)c(O)c1. The largest absolute Gasteiger partial charge is 0.508 e. The van der Waals surface area contributed by atoms with Gasteiger partial charge in [-0.05, 0) is 30.7 Å². The summed E-state index contributed by atoms with van der Waals surface area (Å²) >= 11 is 0. The van der Waals surface area contributed by atoms with Crippen LogP contribution < -0.4 is 4.74 Å². The van der Waals surface area contributed by atoms with Gasteiger partial charge in [0.15, 0.2) is 40.3 Å². The van der Waals surface area contributed by atoms with Gasteiger partial charge in [0.1, 0.15) is 23.4 Å². The maximum Gasteiger partial charge on any atom is 0.200 e. The predicted molar refractivity (Wildman–Crippen MR) is 108 cm³/mol. The lowest BCUT2D eigenvalue weighted by atomic mass is 9.81. The maximum atomic E-state index is 13.3. The number of Topliss-reactive ketones (excluding diaryl/α,β-unsaturated/α-hetero) is 1. The van der Waals surface area contributed by atoms with Crippen molar-refractivity contribution in [3.8, 4) is 51.7 Å². The van der Waals surface area contributed by atoms with Gasteiger partial charge >= 0.3 is 0 Å². The third-order valence-corrected chi connectivity index (χ3v) is 5.33. The zero-order chi connectivity index (χ0) is 23.3. The number of hydrogen-bond acceptors (Lipinski definition) is 10. The fourth-order valence-corrected chi connectivity index (χ4v) is 3.75. The van der Waals surface area contributed by atoms with Crippen LogP contribution in [0.1, 0.15) is 27.6 Å². The molecule has 0 amide bonds. The molecule has 0 bridgehead atoms. The summed E-state index contributed by atoms with van der Waals surface area (Å²) in [6, 6.07) is 6.36. The van der Waals surface area contributed by atoms with Gasteiger partial charge in [-0.1, -0.05) is 0 Å². The molecule has 10 nitrogen and oxygen atoms in total. The number of fused-ring (bicyclic) bond motifs is 1. The van der Waals surface area contributed by atoms with E-state index >= 15 is 0 Å². The first kappa shape index (κ1) is 20.8. The minimum atomic E-state index is -1.17. The van der Waals surface area contributed by atoms with Crippen LogP contribution in [0, 0.1) is 5.92 Å². The normalized spacial score (nSPS) is 17.4. The lowest BCUT2D eigenvalue weighted by Crippen LogP contribution is -2.32. The molecule has 166 valence electrons. The Bertz CT molecular complexity index is 1200. The van der Waals surface area contributed by atoms with Crippen LogP contribution in [0.4, 0.5) is 0 Å². The highest BCUT2D eigenvalue weighted by atomic mass is 16.5. The second kappa shape index (κ2) is 7.34. The van der Waals surface area contributed by atoms with E-state index in [4.69, 9.17) is 4.74 Å². The Balaban J connectivity index is 1.86. The van der Waals surface area contributed by atoms with E-state index in [0.29, 0.717) is 0 Å². The van der Waals surface area contributed by atoms with Crippen molar-refractivity contribution in [2.24, 2.45) is 5.92 Å². The zero-order valence-electron chi connectivity index (χ0n) is 16.2. The van der Waals surface area contributed by atoms with E-state index in [1.165, 1.54) is 6.07 Å². The summed E-state index contributed by atoms with van der Waals surface area (Å²) in [7, 11) is 0. The fraction of sp³-hybridized carbons (Fsp3) is 0.136. The van der Waals surface area contributed by atoms with Crippen molar-refractivity contribution in [1.29, 1.82) is 0 Å². The number of ether oxygens (including phenoxy) is 1. The standard InChI is InChI=1S/C22H18O10/c23-10-5-13(24)11-7-12(19(29)8-1-14(25)20(30)15(26)2-8)22(32-18(11)6-10)9-3-16(27)21(31)17(28)4-9/h1-6,12,22-28,30-31H,7H2/t12-,22+/m0/s1. The Kier molecular flexibility index (Phi) is 4.77. The topological polar surface area (TPSA) is 188 Å². The monoisotopic (exact) mass is 442 g/mol. The Labute approximate surface area is 180 Å². The molecule has 8 N–H and O–H groups in total. The zero-order valence-corrected chi connectivity index (χ0v) is 16.2. The number of hydrogen-bond donors (Lipinski definition) is 8. The molecule has 4 rings (SSSR count). The molecule has 0 spiro atoms. The first-order valence-corrected chi connectivity index (χ1v) is 9.32. The Morgan fingerprint density at radius 1 is 0.719 bits per heavy atom. The van der Waals surface area contributed by atoms with Crippen molar-refractivity contribution in [3.63, 3.8) is 0 Å². The first-order chi connectivity index (χ1) is 15.1. The van der Waals surface area contributed by atoms with E-state index in [2.05, 4.69) is 0 Å². The molecule has 32 heavy (non-hydrogen) atoms. The Hall–Kier alpha value is -4.47. The molecule has 1 aliphatic rings. The summed E-state index contributed by atoms with van der Waals surface area (Å²) < 4.78 is 5.85. The van der Waals surface area contributed by atoms with Gasteiger partial charge in [0.2, 0.25) is 0 Å². The number of ketones is 1. The van der Waals surface area contributed by atoms with Gasteiger partial charge in [0, 0.05) is 28.8 Å². The highest BCUT2D eigenvalue weighted by Crippen LogP contribution is 2.48. The number of rotatable bonds is 3. The average Bonchev–Trinajstić information content (AvgIpc) is 2.73. The lowest BCUT2D eigenvalue weighted by molar-refractivity contribution is 0.0679.